The summed E-state index contributed by atoms with van der Waals surface area (Å²) < 4.78 is 0. The molecule has 0 saturated heterocycles. The minimum Gasteiger partial charge on any atom is -0.366 e. The van der Waals surface area contributed by atoms with E-state index in [-0.39, 0.29) is 0 Å². The van der Waals surface area contributed by atoms with Crippen molar-refractivity contribution >= 4 is 17.9 Å². The van der Waals surface area contributed by atoms with Crippen molar-refractivity contribution in [1.82, 2.24) is 9.97 Å². The van der Waals surface area contributed by atoms with Gasteiger partial charge < -0.3 is 10.6 Å². The minimum absolute atomic E-state index is 0.485. The van der Waals surface area contributed by atoms with Crippen LogP contribution < -0.4 is 10.6 Å². The van der Waals surface area contributed by atoms with Crippen LogP contribution >= 0.6 is 0 Å². The van der Waals surface area contributed by atoms with E-state index in [4.69, 9.17) is 5.73 Å². The van der Waals surface area contributed by atoms with Gasteiger partial charge in [0.15, 0.2) is 0 Å². The number of primary amides is 1. The number of amides is 1. The zero-order valence-corrected chi connectivity index (χ0v) is 8.14. The normalized spacial score (nSPS) is 10.4. The van der Waals surface area contributed by atoms with Crippen LogP contribution in [-0.2, 0) is 4.79 Å². The van der Waals surface area contributed by atoms with Gasteiger partial charge in [-0.25, -0.2) is 9.97 Å². The molecule has 0 fully saturated rings. The van der Waals surface area contributed by atoms with Gasteiger partial charge >= 0.3 is 0 Å². The van der Waals surface area contributed by atoms with Gasteiger partial charge in [0.05, 0.1) is 0 Å². The van der Waals surface area contributed by atoms with Gasteiger partial charge in [-0.05, 0) is 6.08 Å². The van der Waals surface area contributed by atoms with Crippen molar-refractivity contribution in [1.29, 1.82) is 0 Å². The van der Waals surface area contributed by atoms with E-state index in [0.717, 1.165) is 5.56 Å². The van der Waals surface area contributed by atoms with Crippen molar-refractivity contribution in [3.8, 4) is 0 Å². The Morgan fingerprint density at radius 2 is 2.00 bits per heavy atom. The first kappa shape index (κ1) is 10.2. The summed E-state index contributed by atoms with van der Waals surface area (Å²) in [6, 6.07) is 0. The fourth-order valence-electron chi connectivity index (χ4n) is 0.827. The predicted molar refractivity (Wildman–Crippen MR) is 54.6 cm³/mol. The van der Waals surface area contributed by atoms with Crippen molar-refractivity contribution in [2.24, 2.45) is 5.73 Å². The first-order valence-electron chi connectivity index (χ1n) is 4.06. The lowest BCUT2D eigenvalue weighted by Gasteiger charge is -2.08. The molecule has 5 heteroatoms. The van der Waals surface area contributed by atoms with E-state index in [9.17, 15) is 4.79 Å². The van der Waals surface area contributed by atoms with E-state index in [1.54, 1.807) is 23.4 Å². The lowest BCUT2D eigenvalue weighted by molar-refractivity contribution is -0.113. The second-order valence-corrected chi connectivity index (χ2v) is 2.95. The maximum atomic E-state index is 10.4. The number of anilines is 1. The van der Waals surface area contributed by atoms with Crippen LogP contribution in [0.5, 0.6) is 0 Å². The van der Waals surface area contributed by atoms with E-state index in [1.807, 2.05) is 14.1 Å². The molecule has 74 valence electrons. The third-order valence-electron chi connectivity index (χ3n) is 1.50. The van der Waals surface area contributed by atoms with E-state index >= 15 is 0 Å². The third-order valence-corrected chi connectivity index (χ3v) is 1.50. The van der Waals surface area contributed by atoms with Gasteiger partial charge in [-0.15, -0.1) is 0 Å². The standard InChI is InChI=1S/C9H12N4O/c1-13(2)9-11-5-7(6-12-9)3-4-8(10)14/h3-6H,1-2H3,(H2,10,14). The fourth-order valence-corrected chi connectivity index (χ4v) is 0.827. The van der Waals surface area contributed by atoms with Crippen LogP contribution in [0.3, 0.4) is 0 Å². The number of carbonyl (C=O) groups excluding carboxylic acids is 1. The van der Waals surface area contributed by atoms with Crippen molar-refractivity contribution < 1.29 is 4.79 Å². The van der Waals surface area contributed by atoms with Gasteiger partial charge in [0.25, 0.3) is 0 Å². The number of rotatable bonds is 3. The number of carbonyl (C=O) groups is 1. The Hall–Kier alpha value is -1.91. The Labute approximate surface area is 82.3 Å². The van der Waals surface area contributed by atoms with Crippen LogP contribution in [0.4, 0.5) is 5.95 Å². The summed E-state index contributed by atoms with van der Waals surface area (Å²) in [5.74, 6) is 0.142. The molecule has 0 aliphatic carbocycles. The molecule has 0 saturated carbocycles. The van der Waals surface area contributed by atoms with Crippen molar-refractivity contribution in [3.05, 3.63) is 24.0 Å². The van der Waals surface area contributed by atoms with Crippen LogP contribution in [0.15, 0.2) is 18.5 Å². The molecule has 1 amide bonds. The largest absolute Gasteiger partial charge is 0.366 e. The van der Waals surface area contributed by atoms with Gasteiger partial charge in [-0.3, -0.25) is 4.79 Å². The molecule has 14 heavy (non-hydrogen) atoms. The van der Waals surface area contributed by atoms with Crippen molar-refractivity contribution in [2.45, 2.75) is 0 Å². The summed E-state index contributed by atoms with van der Waals surface area (Å²) >= 11 is 0. The first-order valence-corrected chi connectivity index (χ1v) is 4.06. The molecule has 0 atom stereocenters. The lowest BCUT2D eigenvalue weighted by Crippen LogP contribution is -2.12. The monoisotopic (exact) mass is 192 g/mol. The molecular weight excluding hydrogens is 180 g/mol. The zero-order chi connectivity index (χ0) is 10.6. The summed E-state index contributed by atoms with van der Waals surface area (Å²) in [5.41, 5.74) is 5.69. The average Bonchev–Trinajstić information content (AvgIpc) is 2.15. The molecular formula is C9H12N4O. The highest BCUT2D eigenvalue weighted by Gasteiger charge is 1.96. The molecule has 0 unspecified atom stereocenters. The smallest absolute Gasteiger partial charge is 0.241 e. The highest BCUT2D eigenvalue weighted by molar-refractivity contribution is 5.90. The average molecular weight is 192 g/mol. The Balaban J connectivity index is 2.78. The molecule has 1 heterocycles. The Morgan fingerprint density at radius 1 is 1.43 bits per heavy atom. The molecule has 5 nitrogen and oxygen atoms in total. The van der Waals surface area contributed by atoms with E-state index < -0.39 is 5.91 Å². The van der Waals surface area contributed by atoms with Gasteiger partial charge in [0.1, 0.15) is 0 Å². The zero-order valence-electron chi connectivity index (χ0n) is 8.14. The van der Waals surface area contributed by atoms with Crippen molar-refractivity contribution in [3.63, 3.8) is 0 Å². The van der Waals surface area contributed by atoms with Gasteiger partial charge in [-0.1, -0.05) is 0 Å². The maximum absolute atomic E-state index is 10.4. The molecule has 2 N–H and O–H groups in total. The molecule has 0 aliphatic rings. The van der Waals surface area contributed by atoms with E-state index in [2.05, 4.69) is 9.97 Å². The number of hydrogen-bond donors (Lipinski definition) is 1. The summed E-state index contributed by atoms with van der Waals surface area (Å²) in [6.07, 6.45) is 6.10. The van der Waals surface area contributed by atoms with Crippen LogP contribution in [0.2, 0.25) is 0 Å². The van der Waals surface area contributed by atoms with Crippen molar-refractivity contribution in [2.75, 3.05) is 19.0 Å². The van der Waals surface area contributed by atoms with Gasteiger partial charge in [0, 0.05) is 38.1 Å². The lowest BCUT2D eigenvalue weighted by atomic mass is 10.3. The molecule has 1 aromatic heterocycles. The quantitative estimate of drug-likeness (QED) is 0.686. The Morgan fingerprint density at radius 3 is 2.43 bits per heavy atom. The van der Waals surface area contributed by atoms with Crippen LogP contribution in [0.1, 0.15) is 5.56 Å². The highest BCUT2D eigenvalue weighted by atomic mass is 16.1. The fraction of sp³-hybridized carbons (Fsp3) is 0.222. The maximum Gasteiger partial charge on any atom is 0.241 e. The summed E-state index contributed by atoms with van der Waals surface area (Å²) in [4.78, 5) is 20.4. The first-order chi connectivity index (χ1) is 6.59. The minimum atomic E-state index is -0.485. The molecule has 0 spiro atoms. The molecule has 1 aromatic rings. The SMILES string of the molecule is CN(C)c1ncc(C=CC(N)=O)cn1. The molecule has 0 aromatic carbocycles. The number of nitrogens with two attached hydrogens (primary N) is 1. The van der Waals surface area contributed by atoms with E-state index in [0.29, 0.717) is 5.95 Å². The van der Waals surface area contributed by atoms with Crippen LogP contribution in [0.25, 0.3) is 6.08 Å². The van der Waals surface area contributed by atoms with Crippen LogP contribution in [-0.4, -0.2) is 30.0 Å². The number of hydrogen-bond acceptors (Lipinski definition) is 4. The summed E-state index contributed by atoms with van der Waals surface area (Å²) in [5, 5.41) is 0. The van der Waals surface area contributed by atoms with E-state index in [1.165, 1.54) is 6.08 Å². The second kappa shape index (κ2) is 4.36. The van der Waals surface area contributed by atoms with Gasteiger partial charge in [0.2, 0.25) is 11.9 Å². The molecule has 0 bridgehead atoms. The Bertz CT molecular complexity index is 342. The summed E-state index contributed by atoms with van der Waals surface area (Å²) in [7, 11) is 3.71. The van der Waals surface area contributed by atoms with Gasteiger partial charge in [-0.2, -0.15) is 0 Å². The second-order valence-electron chi connectivity index (χ2n) is 2.95. The molecule has 0 radical (unpaired) electrons. The molecule has 0 aliphatic heterocycles. The Kier molecular flexibility index (Phi) is 3.17. The predicted octanol–water partition coefficient (Wildman–Crippen LogP) is 0.0411. The highest BCUT2D eigenvalue weighted by Crippen LogP contribution is 2.03. The molecule has 1 rings (SSSR count). The number of nitrogens with zero attached hydrogens (tertiary/aromatic N) is 3. The number of aromatic nitrogens is 2. The summed E-state index contributed by atoms with van der Waals surface area (Å²) in [6.45, 7) is 0. The topological polar surface area (TPSA) is 72.1 Å². The third kappa shape index (κ3) is 2.85. The van der Waals surface area contributed by atoms with Crippen LogP contribution in [0, 0.1) is 0 Å².